The van der Waals surface area contributed by atoms with E-state index < -0.39 is 17.0 Å². The summed E-state index contributed by atoms with van der Waals surface area (Å²) in [6.45, 7) is 3.68. The van der Waals surface area contributed by atoms with E-state index in [1.807, 2.05) is 13.0 Å². The van der Waals surface area contributed by atoms with E-state index in [1.165, 1.54) is 48.2 Å². The molecule has 0 aliphatic rings. The summed E-state index contributed by atoms with van der Waals surface area (Å²) in [4.78, 5) is 37.3. The fourth-order valence-electron chi connectivity index (χ4n) is 3.04. The molecule has 1 unspecified atom stereocenters. The number of anilines is 2. The van der Waals surface area contributed by atoms with Gasteiger partial charge in [-0.25, -0.2) is 9.18 Å². The molecule has 0 heterocycles. The second-order valence-corrected chi connectivity index (χ2v) is 8.60. The number of aryl methyl sites for hydroxylation is 1. The number of rotatable bonds is 8. The predicted molar refractivity (Wildman–Crippen MR) is 127 cm³/mol. The average molecular weight is 467 g/mol. The first-order valence-electron chi connectivity index (χ1n) is 10.2. The van der Waals surface area contributed by atoms with Crippen LogP contribution in [0, 0.1) is 12.7 Å². The zero-order chi connectivity index (χ0) is 24.0. The van der Waals surface area contributed by atoms with Gasteiger partial charge >= 0.3 is 5.97 Å². The molecule has 33 heavy (non-hydrogen) atoms. The van der Waals surface area contributed by atoms with Gasteiger partial charge in [-0.05, 0) is 73.5 Å². The highest BCUT2D eigenvalue weighted by Crippen LogP contribution is 2.29. The van der Waals surface area contributed by atoms with Gasteiger partial charge in [0.1, 0.15) is 5.82 Å². The lowest BCUT2D eigenvalue weighted by Crippen LogP contribution is -2.25. The molecule has 2 amide bonds. The summed E-state index contributed by atoms with van der Waals surface area (Å²) in [7, 11) is 0. The normalized spacial score (nSPS) is 11.5. The molecule has 0 saturated carbocycles. The summed E-state index contributed by atoms with van der Waals surface area (Å²) in [6.07, 6.45) is 0.542. The molecule has 3 rings (SSSR count). The Morgan fingerprint density at radius 2 is 1.67 bits per heavy atom. The highest BCUT2D eigenvalue weighted by molar-refractivity contribution is 8.00. The summed E-state index contributed by atoms with van der Waals surface area (Å²) in [5.74, 6) is -2.09. The number of carbonyl (C=O) groups excluding carboxylic acids is 2. The minimum atomic E-state index is -1.06. The van der Waals surface area contributed by atoms with Crippen molar-refractivity contribution in [2.24, 2.45) is 0 Å². The number of carboxylic acids is 1. The van der Waals surface area contributed by atoms with E-state index in [1.54, 1.807) is 31.2 Å². The monoisotopic (exact) mass is 466 g/mol. The number of hydrogen-bond acceptors (Lipinski definition) is 4. The van der Waals surface area contributed by atoms with E-state index in [0.717, 1.165) is 10.5 Å². The Labute approximate surface area is 195 Å². The predicted octanol–water partition coefficient (Wildman–Crippen LogP) is 5.59. The van der Waals surface area contributed by atoms with Crippen molar-refractivity contribution in [2.75, 3.05) is 10.6 Å². The molecule has 0 aliphatic carbocycles. The fourth-order valence-corrected chi connectivity index (χ4v) is 4.05. The van der Waals surface area contributed by atoms with E-state index in [4.69, 9.17) is 0 Å². The maximum absolute atomic E-state index is 13.1. The van der Waals surface area contributed by atoms with E-state index >= 15 is 0 Å². The number of nitrogens with one attached hydrogen (secondary N) is 2. The summed E-state index contributed by atoms with van der Waals surface area (Å²) in [6, 6.07) is 16.9. The van der Waals surface area contributed by atoms with Crippen molar-refractivity contribution >= 4 is 40.9 Å². The Kier molecular flexibility index (Phi) is 7.84. The minimum absolute atomic E-state index is 0.0983. The fraction of sp³-hybridized carbons (Fsp3) is 0.160. The molecule has 0 saturated heterocycles. The third-order valence-corrected chi connectivity index (χ3v) is 6.24. The standard InChI is InChI=1S/C25H23FN2O4S/c1-3-22(24(30)28-21-13-17(25(31)32)8-7-15(21)2)33-20-6-4-5-19(14-20)27-23(29)16-9-11-18(26)12-10-16/h4-14,22H,3H2,1-2H3,(H,27,29)(H,28,30)(H,31,32). The molecular weight excluding hydrogens is 443 g/mol. The minimum Gasteiger partial charge on any atom is -0.478 e. The molecule has 8 heteroatoms. The van der Waals surface area contributed by atoms with Crippen molar-refractivity contribution in [1.29, 1.82) is 0 Å². The molecule has 0 spiro atoms. The van der Waals surface area contributed by atoms with Gasteiger partial charge in [-0.15, -0.1) is 11.8 Å². The first-order chi connectivity index (χ1) is 15.8. The first-order valence-corrected chi connectivity index (χ1v) is 11.1. The van der Waals surface area contributed by atoms with E-state index in [9.17, 15) is 23.9 Å². The Morgan fingerprint density at radius 1 is 0.970 bits per heavy atom. The molecule has 1 atom stereocenters. The molecule has 0 fully saturated rings. The van der Waals surface area contributed by atoms with Crippen LogP contribution in [0.4, 0.5) is 15.8 Å². The highest BCUT2D eigenvalue weighted by atomic mass is 32.2. The van der Waals surface area contributed by atoms with Gasteiger partial charge in [-0.3, -0.25) is 9.59 Å². The molecule has 3 N–H and O–H groups in total. The van der Waals surface area contributed by atoms with Gasteiger partial charge in [-0.2, -0.15) is 0 Å². The van der Waals surface area contributed by atoms with E-state index in [2.05, 4.69) is 10.6 Å². The number of hydrogen-bond donors (Lipinski definition) is 3. The van der Waals surface area contributed by atoms with Crippen molar-refractivity contribution < 1.29 is 23.9 Å². The summed E-state index contributed by atoms with van der Waals surface area (Å²) >= 11 is 1.34. The molecule has 0 aromatic heterocycles. The summed E-state index contributed by atoms with van der Waals surface area (Å²) in [5, 5.41) is 14.4. The molecular formula is C25H23FN2O4S. The van der Waals surface area contributed by atoms with Crippen LogP contribution in [-0.4, -0.2) is 28.1 Å². The quantitative estimate of drug-likeness (QED) is 0.376. The lowest BCUT2D eigenvalue weighted by molar-refractivity contribution is -0.115. The van der Waals surface area contributed by atoms with Crippen LogP contribution in [0.5, 0.6) is 0 Å². The second-order valence-electron chi connectivity index (χ2n) is 7.33. The van der Waals surface area contributed by atoms with Gasteiger partial charge in [-0.1, -0.05) is 19.1 Å². The highest BCUT2D eigenvalue weighted by Gasteiger charge is 2.20. The van der Waals surface area contributed by atoms with Crippen LogP contribution in [0.25, 0.3) is 0 Å². The molecule has 0 bridgehead atoms. The molecule has 3 aromatic rings. The van der Waals surface area contributed by atoms with Gasteiger partial charge in [0.15, 0.2) is 0 Å². The van der Waals surface area contributed by atoms with Crippen molar-refractivity contribution in [1.82, 2.24) is 0 Å². The molecule has 6 nitrogen and oxygen atoms in total. The first kappa shape index (κ1) is 24.0. The van der Waals surface area contributed by atoms with Crippen LogP contribution < -0.4 is 10.6 Å². The van der Waals surface area contributed by atoms with Gasteiger partial charge in [0, 0.05) is 21.8 Å². The summed E-state index contributed by atoms with van der Waals surface area (Å²) in [5.41, 5.74) is 2.20. The van der Waals surface area contributed by atoms with Crippen molar-refractivity contribution in [2.45, 2.75) is 30.4 Å². The number of carboxylic acid groups (broad SMARTS) is 1. The van der Waals surface area contributed by atoms with Gasteiger partial charge in [0.2, 0.25) is 5.91 Å². The SMILES string of the molecule is CCC(Sc1cccc(NC(=O)c2ccc(F)cc2)c1)C(=O)Nc1cc(C(=O)O)ccc1C. The molecule has 170 valence electrons. The second kappa shape index (κ2) is 10.8. The maximum atomic E-state index is 13.1. The van der Waals surface area contributed by atoms with Crippen LogP contribution in [-0.2, 0) is 4.79 Å². The van der Waals surface area contributed by atoms with Crippen molar-refractivity contribution in [3.8, 4) is 0 Å². The Bertz CT molecular complexity index is 1180. The topological polar surface area (TPSA) is 95.5 Å². The van der Waals surface area contributed by atoms with Crippen LogP contribution in [0.1, 0.15) is 39.6 Å². The van der Waals surface area contributed by atoms with Crippen molar-refractivity contribution in [3.05, 3.63) is 89.2 Å². The lowest BCUT2D eigenvalue weighted by Gasteiger charge is -2.17. The number of amides is 2. The average Bonchev–Trinajstić information content (AvgIpc) is 2.79. The molecule has 3 aromatic carbocycles. The van der Waals surface area contributed by atoms with Crippen LogP contribution >= 0.6 is 11.8 Å². The number of aromatic carboxylic acids is 1. The van der Waals surface area contributed by atoms with E-state index in [0.29, 0.717) is 23.4 Å². The van der Waals surface area contributed by atoms with Gasteiger partial charge in [0.25, 0.3) is 5.91 Å². The van der Waals surface area contributed by atoms with E-state index in [-0.39, 0.29) is 17.4 Å². The van der Waals surface area contributed by atoms with Crippen LogP contribution in [0.3, 0.4) is 0 Å². The van der Waals surface area contributed by atoms with Gasteiger partial charge in [0.05, 0.1) is 10.8 Å². The number of thioether (sulfide) groups is 1. The van der Waals surface area contributed by atoms with Gasteiger partial charge < -0.3 is 15.7 Å². The number of benzene rings is 3. The van der Waals surface area contributed by atoms with Crippen LogP contribution in [0.15, 0.2) is 71.6 Å². The third-order valence-electron chi connectivity index (χ3n) is 4.88. The Morgan fingerprint density at radius 3 is 2.33 bits per heavy atom. The lowest BCUT2D eigenvalue weighted by atomic mass is 10.1. The maximum Gasteiger partial charge on any atom is 0.335 e. The molecule has 0 aliphatic heterocycles. The number of halogens is 1. The number of carbonyl (C=O) groups is 3. The summed E-state index contributed by atoms with van der Waals surface area (Å²) < 4.78 is 13.1. The zero-order valence-electron chi connectivity index (χ0n) is 18.1. The largest absolute Gasteiger partial charge is 0.478 e. The van der Waals surface area contributed by atoms with Crippen LogP contribution in [0.2, 0.25) is 0 Å². The third kappa shape index (κ3) is 6.43. The Hall–Kier alpha value is -3.65. The smallest absolute Gasteiger partial charge is 0.335 e. The molecule has 0 radical (unpaired) electrons. The Balaban J connectivity index is 1.69. The van der Waals surface area contributed by atoms with Crippen molar-refractivity contribution in [3.63, 3.8) is 0 Å². The zero-order valence-corrected chi connectivity index (χ0v) is 18.9.